The van der Waals surface area contributed by atoms with Gasteiger partial charge in [-0.3, -0.25) is 9.69 Å². The first-order chi connectivity index (χ1) is 11.1. The first-order valence-electron chi connectivity index (χ1n) is 8.52. The lowest BCUT2D eigenvalue weighted by Crippen LogP contribution is -2.41. The van der Waals surface area contributed by atoms with Crippen LogP contribution in [-0.4, -0.2) is 22.0 Å². The van der Waals surface area contributed by atoms with Gasteiger partial charge in [0.05, 0.1) is 0 Å². The minimum atomic E-state index is 0.0230. The van der Waals surface area contributed by atoms with E-state index in [0.29, 0.717) is 16.7 Å². The SMILES string of the molecule is CC(C)c1ccc(/C=C2/NC(=S)N(C3CCCCC3)C2=O)cc1. The molecule has 1 aliphatic carbocycles. The summed E-state index contributed by atoms with van der Waals surface area (Å²) >= 11 is 5.40. The number of carbonyl (C=O) groups is 1. The van der Waals surface area contributed by atoms with Crippen molar-refractivity contribution in [3.05, 3.63) is 41.1 Å². The molecule has 0 aromatic heterocycles. The van der Waals surface area contributed by atoms with Gasteiger partial charge in [-0.15, -0.1) is 0 Å². The van der Waals surface area contributed by atoms with Crippen LogP contribution in [0.4, 0.5) is 0 Å². The van der Waals surface area contributed by atoms with E-state index < -0.39 is 0 Å². The summed E-state index contributed by atoms with van der Waals surface area (Å²) in [6.07, 6.45) is 7.67. The summed E-state index contributed by atoms with van der Waals surface area (Å²) in [6.45, 7) is 4.35. The summed E-state index contributed by atoms with van der Waals surface area (Å²) < 4.78 is 0. The van der Waals surface area contributed by atoms with E-state index in [4.69, 9.17) is 12.2 Å². The quantitative estimate of drug-likeness (QED) is 0.667. The van der Waals surface area contributed by atoms with Crippen molar-refractivity contribution in [2.75, 3.05) is 0 Å². The third-order valence-electron chi connectivity index (χ3n) is 4.76. The van der Waals surface area contributed by atoms with Crippen LogP contribution in [-0.2, 0) is 4.79 Å². The van der Waals surface area contributed by atoms with Crippen molar-refractivity contribution in [1.82, 2.24) is 10.2 Å². The van der Waals surface area contributed by atoms with Crippen molar-refractivity contribution in [2.45, 2.75) is 57.9 Å². The normalized spacial score (nSPS) is 21.3. The number of nitrogens with zero attached hydrogens (tertiary/aromatic N) is 1. The van der Waals surface area contributed by atoms with Crippen LogP contribution in [0.2, 0.25) is 0 Å². The number of benzene rings is 1. The van der Waals surface area contributed by atoms with E-state index in [0.717, 1.165) is 18.4 Å². The highest BCUT2D eigenvalue weighted by Gasteiger charge is 2.36. The summed E-state index contributed by atoms with van der Waals surface area (Å²) in [5, 5.41) is 3.67. The molecule has 1 aromatic rings. The molecule has 0 radical (unpaired) electrons. The Morgan fingerprint density at radius 2 is 1.83 bits per heavy atom. The van der Waals surface area contributed by atoms with Crippen molar-refractivity contribution >= 4 is 29.3 Å². The second kappa shape index (κ2) is 6.83. The Labute approximate surface area is 143 Å². The first kappa shape index (κ1) is 16.2. The van der Waals surface area contributed by atoms with Crippen molar-refractivity contribution in [3.63, 3.8) is 0 Å². The highest BCUT2D eigenvalue weighted by molar-refractivity contribution is 7.80. The molecule has 3 rings (SSSR count). The molecule has 3 nitrogen and oxygen atoms in total. The maximum atomic E-state index is 12.7. The average molecular weight is 328 g/mol. The molecule has 23 heavy (non-hydrogen) atoms. The predicted molar refractivity (Wildman–Crippen MR) is 98.0 cm³/mol. The number of thiocarbonyl (C=S) groups is 1. The monoisotopic (exact) mass is 328 g/mol. The Hall–Kier alpha value is -1.68. The summed E-state index contributed by atoms with van der Waals surface area (Å²) in [5.41, 5.74) is 2.92. The Bertz CT molecular complexity index is 627. The summed E-state index contributed by atoms with van der Waals surface area (Å²) in [5.74, 6) is 0.534. The van der Waals surface area contributed by atoms with Crippen LogP contribution in [0, 0.1) is 0 Å². The minimum absolute atomic E-state index is 0.0230. The van der Waals surface area contributed by atoms with Crippen LogP contribution >= 0.6 is 12.2 Å². The van der Waals surface area contributed by atoms with Gasteiger partial charge in [-0.2, -0.15) is 0 Å². The van der Waals surface area contributed by atoms with Gasteiger partial charge in [-0.05, 0) is 48.2 Å². The van der Waals surface area contributed by atoms with Crippen LogP contribution in [0.3, 0.4) is 0 Å². The van der Waals surface area contributed by atoms with E-state index in [1.54, 1.807) is 4.90 Å². The third kappa shape index (κ3) is 3.47. The van der Waals surface area contributed by atoms with Gasteiger partial charge in [0.15, 0.2) is 5.11 Å². The van der Waals surface area contributed by atoms with E-state index >= 15 is 0 Å². The molecular weight excluding hydrogens is 304 g/mol. The number of nitrogens with one attached hydrogen (secondary N) is 1. The predicted octanol–water partition coefficient (Wildman–Crippen LogP) is 4.20. The van der Waals surface area contributed by atoms with Crippen LogP contribution in [0.1, 0.15) is 63.0 Å². The summed E-state index contributed by atoms with van der Waals surface area (Å²) in [6, 6.07) is 8.62. The molecular formula is C19H24N2OS. The van der Waals surface area contributed by atoms with E-state index in [1.165, 1.54) is 24.8 Å². The van der Waals surface area contributed by atoms with Crippen LogP contribution in [0.25, 0.3) is 6.08 Å². The second-order valence-corrected chi connectivity index (χ2v) is 7.16. The van der Waals surface area contributed by atoms with E-state index in [1.807, 2.05) is 6.08 Å². The van der Waals surface area contributed by atoms with Gasteiger partial charge in [0.1, 0.15) is 5.70 Å². The molecule has 0 bridgehead atoms. The summed E-state index contributed by atoms with van der Waals surface area (Å²) in [4.78, 5) is 14.5. The molecule has 0 unspecified atom stereocenters. The van der Waals surface area contributed by atoms with Crippen molar-refractivity contribution in [1.29, 1.82) is 0 Å². The zero-order valence-electron chi connectivity index (χ0n) is 13.8. The fraction of sp³-hybridized carbons (Fsp3) is 0.474. The average Bonchev–Trinajstić information content (AvgIpc) is 2.82. The van der Waals surface area contributed by atoms with Gasteiger partial charge in [0.25, 0.3) is 5.91 Å². The minimum Gasteiger partial charge on any atom is -0.328 e. The Balaban J connectivity index is 1.78. The number of hydrogen-bond acceptors (Lipinski definition) is 2. The number of amides is 1. The largest absolute Gasteiger partial charge is 0.328 e. The second-order valence-electron chi connectivity index (χ2n) is 6.78. The number of carbonyl (C=O) groups excluding carboxylic acids is 1. The van der Waals surface area contributed by atoms with Gasteiger partial charge in [0.2, 0.25) is 0 Å². The Morgan fingerprint density at radius 3 is 2.43 bits per heavy atom. The zero-order valence-corrected chi connectivity index (χ0v) is 14.7. The van der Waals surface area contributed by atoms with Crippen LogP contribution in [0.15, 0.2) is 30.0 Å². The smallest absolute Gasteiger partial charge is 0.276 e. The lowest BCUT2D eigenvalue weighted by molar-refractivity contribution is -0.124. The standard InChI is InChI=1S/C19H24N2OS/c1-13(2)15-10-8-14(9-11-15)12-17-18(22)21(19(23)20-17)16-6-4-3-5-7-16/h8-13,16H,3-7H2,1-2H3,(H,20,23)/b17-12+. The van der Waals surface area contributed by atoms with Crippen molar-refractivity contribution < 1.29 is 4.79 Å². The molecule has 4 heteroatoms. The fourth-order valence-corrected chi connectivity index (χ4v) is 3.71. The van der Waals surface area contributed by atoms with Crippen molar-refractivity contribution in [3.8, 4) is 0 Å². The molecule has 1 N–H and O–H groups in total. The summed E-state index contributed by atoms with van der Waals surface area (Å²) in [7, 11) is 0. The fourth-order valence-electron chi connectivity index (χ4n) is 3.36. The molecule has 2 aliphatic rings. The molecule has 1 amide bonds. The molecule has 1 saturated heterocycles. The van der Waals surface area contributed by atoms with Gasteiger partial charge in [0, 0.05) is 6.04 Å². The zero-order chi connectivity index (χ0) is 16.4. The maximum Gasteiger partial charge on any atom is 0.276 e. The van der Waals surface area contributed by atoms with Gasteiger partial charge in [-0.1, -0.05) is 57.4 Å². The van der Waals surface area contributed by atoms with Gasteiger partial charge < -0.3 is 5.32 Å². The van der Waals surface area contributed by atoms with E-state index in [9.17, 15) is 4.79 Å². The van der Waals surface area contributed by atoms with E-state index in [-0.39, 0.29) is 11.9 Å². The van der Waals surface area contributed by atoms with E-state index in [2.05, 4.69) is 43.4 Å². The van der Waals surface area contributed by atoms with Crippen molar-refractivity contribution in [2.24, 2.45) is 0 Å². The number of rotatable bonds is 3. The van der Waals surface area contributed by atoms with Gasteiger partial charge >= 0.3 is 0 Å². The highest BCUT2D eigenvalue weighted by Crippen LogP contribution is 2.27. The molecule has 1 saturated carbocycles. The molecule has 1 aromatic carbocycles. The molecule has 2 fully saturated rings. The third-order valence-corrected chi connectivity index (χ3v) is 5.06. The topological polar surface area (TPSA) is 32.3 Å². The van der Waals surface area contributed by atoms with Crippen LogP contribution < -0.4 is 5.32 Å². The highest BCUT2D eigenvalue weighted by atomic mass is 32.1. The Kier molecular flexibility index (Phi) is 4.81. The van der Waals surface area contributed by atoms with Crippen LogP contribution in [0.5, 0.6) is 0 Å². The van der Waals surface area contributed by atoms with Gasteiger partial charge in [-0.25, -0.2) is 0 Å². The molecule has 1 aliphatic heterocycles. The first-order valence-corrected chi connectivity index (χ1v) is 8.93. The lowest BCUT2D eigenvalue weighted by Gasteiger charge is -2.29. The maximum absolute atomic E-state index is 12.7. The molecule has 1 heterocycles. The molecule has 0 spiro atoms. The molecule has 0 atom stereocenters. The number of hydrogen-bond donors (Lipinski definition) is 1. The lowest BCUT2D eigenvalue weighted by atomic mass is 9.94. The molecule has 122 valence electrons. The Morgan fingerprint density at radius 1 is 1.17 bits per heavy atom.